The van der Waals surface area contributed by atoms with E-state index in [0.29, 0.717) is 0 Å². The minimum absolute atomic E-state index is 0.782. The molecular formula is C14H21BrClN. The maximum Gasteiger partial charge on any atom is 0.0551 e. The molecular weight excluding hydrogens is 298 g/mol. The molecule has 0 radical (unpaired) electrons. The van der Waals surface area contributed by atoms with Crippen molar-refractivity contribution in [2.75, 3.05) is 6.54 Å². The molecule has 0 saturated carbocycles. The summed E-state index contributed by atoms with van der Waals surface area (Å²) >= 11 is 9.43. The topological polar surface area (TPSA) is 12.0 Å². The van der Waals surface area contributed by atoms with Gasteiger partial charge in [0.15, 0.2) is 0 Å². The van der Waals surface area contributed by atoms with Crippen LogP contribution in [0.25, 0.3) is 0 Å². The fourth-order valence-electron chi connectivity index (χ4n) is 1.68. The molecule has 0 bridgehead atoms. The molecule has 0 saturated heterocycles. The van der Waals surface area contributed by atoms with Gasteiger partial charge in [-0.1, -0.05) is 44.4 Å². The van der Waals surface area contributed by atoms with Crippen molar-refractivity contribution < 1.29 is 0 Å². The van der Waals surface area contributed by atoms with Gasteiger partial charge in [-0.25, -0.2) is 0 Å². The summed E-state index contributed by atoms with van der Waals surface area (Å²) < 4.78 is 0.958. The summed E-state index contributed by atoms with van der Waals surface area (Å²) in [4.78, 5) is 0. The van der Waals surface area contributed by atoms with E-state index in [1.807, 2.05) is 12.1 Å². The normalized spacial score (nSPS) is 11.1. The molecule has 3 heteroatoms. The first-order valence-electron chi connectivity index (χ1n) is 6.24. The summed E-state index contributed by atoms with van der Waals surface area (Å²) in [7, 11) is 0. The molecule has 0 heterocycles. The summed E-state index contributed by atoms with van der Waals surface area (Å²) in [5.74, 6) is 0.820. The second-order valence-electron chi connectivity index (χ2n) is 4.81. The number of unbranched alkanes of at least 4 members (excludes halogenated alkanes) is 1. The Morgan fingerprint density at radius 2 is 2.06 bits per heavy atom. The van der Waals surface area contributed by atoms with E-state index in [9.17, 15) is 0 Å². The Hall–Kier alpha value is -0.0500. The summed E-state index contributed by atoms with van der Waals surface area (Å²) in [6.07, 6.45) is 3.89. The first-order chi connectivity index (χ1) is 8.09. The second-order valence-corrected chi connectivity index (χ2v) is 6.08. The molecule has 1 rings (SSSR count). The molecule has 0 spiro atoms. The Labute approximate surface area is 118 Å². The molecule has 1 aromatic carbocycles. The van der Waals surface area contributed by atoms with Gasteiger partial charge in [-0.2, -0.15) is 0 Å². The van der Waals surface area contributed by atoms with Crippen LogP contribution in [0.5, 0.6) is 0 Å². The van der Waals surface area contributed by atoms with E-state index >= 15 is 0 Å². The van der Waals surface area contributed by atoms with Gasteiger partial charge in [0, 0.05) is 11.0 Å². The van der Waals surface area contributed by atoms with Crippen molar-refractivity contribution >= 4 is 27.5 Å². The van der Waals surface area contributed by atoms with Gasteiger partial charge in [-0.05, 0) is 52.5 Å². The third-order valence-electron chi connectivity index (χ3n) is 2.70. The smallest absolute Gasteiger partial charge is 0.0551 e. The fraction of sp³-hybridized carbons (Fsp3) is 0.571. The lowest BCUT2D eigenvalue weighted by Crippen LogP contribution is -2.14. The highest BCUT2D eigenvalue weighted by Crippen LogP contribution is 2.23. The number of hydrogen-bond donors (Lipinski definition) is 1. The van der Waals surface area contributed by atoms with Crippen LogP contribution < -0.4 is 5.32 Å². The van der Waals surface area contributed by atoms with E-state index in [1.165, 1.54) is 24.8 Å². The first kappa shape index (κ1) is 15.0. The molecule has 0 aliphatic carbocycles. The predicted molar refractivity (Wildman–Crippen MR) is 79.5 cm³/mol. The molecule has 17 heavy (non-hydrogen) atoms. The van der Waals surface area contributed by atoms with Gasteiger partial charge in [0.25, 0.3) is 0 Å². The highest BCUT2D eigenvalue weighted by molar-refractivity contribution is 9.10. The monoisotopic (exact) mass is 317 g/mol. The molecule has 96 valence electrons. The summed E-state index contributed by atoms with van der Waals surface area (Å²) in [6.45, 7) is 6.53. The number of benzene rings is 1. The quantitative estimate of drug-likeness (QED) is 0.696. The van der Waals surface area contributed by atoms with Crippen molar-refractivity contribution in [3.63, 3.8) is 0 Å². The Morgan fingerprint density at radius 1 is 1.29 bits per heavy atom. The fourth-order valence-corrected chi connectivity index (χ4v) is 2.13. The number of hydrogen-bond acceptors (Lipinski definition) is 1. The molecule has 0 unspecified atom stereocenters. The van der Waals surface area contributed by atoms with Crippen LogP contribution in [0, 0.1) is 5.92 Å². The summed E-state index contributed by atoms with van der Waals surface area (Å²) in [5, 5.41) is 4.23. The predicted octanol–water partition coefficient (Wildman–Crippen LogP) is 5.02. The van der Waals surface area contributed by atoms with Crippen LogP contribution in [0.2, 0.25) is 5.02 Å². The number of halogens is 2. The molecule has 0 aliphatic heterocycles. The number of rotatable bonds is 7. The maximum atomic E-state index is 6.04. The third kappa shape index (κ3) is 6.44. The zero-order valence-corrected chi connectivity index (χ0v) is 12.9. The van der Waals surface area contributed by atoms with E-state index in [0.717, 1.165) is 28.5 Å². The Bertz CT molecular complexity index is 339. The zero-order valence-electron chi connectivity index (χ0n) is 10.6. The van der Waals surface area contributed by atoms with Crippen molar-refractivity contribution in [2.24, 2.45) is 5.92 Å². The van der Waals surface area contributed by atoms with Crippen molar-refractivity contribution in [1.82, 2.24) is 5.32 Å². The van der Waals surface area contributed by atoms with Gasteiger partial charge >= 0.3 is 0 Å². The Balaban J connectivity index is 2.16. The summed E-state index contributed by atoms with van der Waals surface area (Å²) in [5.41, 5.74) is 1.24. The lowest BCUT2D eigenvalue weighted by molar-refractivity contribution is 0.520. The minimum Gasteiger partial charge on any atom is -0.313 e. The van der Waals surface area contributed by atoms with E-state index in [2.05, 4.69) is 41.2 Å². The minimum atomic E-state index is 0.782. The van der Waals surface area contributed by atoms with Gasteiger partial charge < -0.3 is 5.32 Å². The van der Waals surface area contributed by atoms with Crippen molar-refractivity contribution in [3.8, 4) is 0 Å². The molecule has 1 aromatic rings. The molecule has 1 nitrogen and oxygen atoms in total. The molecule has 0 aromatic heterocycles. The second kappa shape index (κ2) is 8.12. The van der Waals surface area contributed by atoms with Crippen LogP contribution >= 0.6 is 27.5 Å². The van der Waals surface area contributed by atoms with Crippen LogP contribution in [0.3, 0.4) is 0 Å². The van der Waals surface area contributed by atoms with E-state index in [-0.39, 0.29) is 0 Å². The van der Waals surface area contributed by atoms with Crippen LogP contribution in [-0.2, 0) is 6.54 Å². The van der Waals surface area contributed by atoms with Crippen LogP contribution in [0.1, 0.15) is 38.7 Å². The Kier molecular flexibility index (Phi) is 7.17. The largest absolute Gasteiger partial charge is 0.313 e. The lowest BCUT2D eigenvalue weighted by Gasteiger charge is -2.07. The van der Waals surface area contributed by atoms with E-state index in [4.69, 9.17) is 11.6 Å². The Morgan fingerprint density at radius 3 is 2.71 bits per heavy atom. The van der Waals surface area contributed by atoms with E-state index in [1.54, 1.807) is 0 Å². The van der Waals surface area contributed by atoms with Gasteiger partial charge in [-0.3, -0.25) is 0 Å². The van der Waals surface area contributed by atoms with E-state index < -0.39 is 0 Å². The zero-order chi connectivity index (χ0) is 12.7. The highest BCUT2D eigenvalue weighted by Gasteiger charge is 1.99. The average Bonchev–Trinajstić information content (AvgIpc) is 2.27. The SMILES string of the molecule is CC(C)CCCCNCc1ccc(Br)c(Cl)c1. The average molecular weight is 319 g/mol. The lowest BCUT2D eigenvalue weighted by atomic mass is 10.1. The summed E-state index contributed by atoms with van der Waals surface area (Å²) in [6, 6.07) is 6.10. The standard InChI is InChI=1S/C14H21BrClN/c1-11(2)5-3-4-8-17-10-12-6-7-13(15)14(16)9-12/h6-7,9,11,17H,3-5,8,10H2,1-2H3. The van der Waals surface area contributed by atoms with Crippen LogP contribution in [0.4, 0.5) is 0 Å². The molecule has 0 amide bonds. The van der Waals surface area contributed by atoms with Gasteiger partial charge in [0.2, 0.25) is 0 Å². The van der Waals surface area contributed by atoms with Crippen molar-refractivity contribution in [2.45, 2.75) is 39.7 Å². The maximum absolute atomic E-state index is 6.04. The van der Waals surface area contributed by atoms with Gasteiger partial charge in [0.05, 0.1) is 5.02 Å². The molecule has 0 fully saturated rings. The first-order valence-corrected chi connectivity index (χ1v) is 7.41. The van der Waals surface area contributed by atoms with Crippen LogP contribution in [0.15, 0.2) is 22.7 Å². The molecule has 0 aliphatic rings. The third-order valence-corrected chi connectivity index (χ3v) is 3.93. The van der Waals surface area contributed by atoms with Crippen molar-refractivity contribution in [1.29, 1.82) is 0 Å². The molecule has 0 atom stereocenters. The van der Waals surface area contributed by atoms with Gasteiger partial charge in [0.1, 0.15) is 0 Å². The van der Waals surface area contributed by atoms with Crippen molar-refractivity contribution in [3.05, 3.63) is 33.3 Å². The van der Waals surface area contributed by atoms with Gasteiger partial charge in [-0.15, -0.1) is 0 Å². The highest BCUT2D eigenvalue weighted by atomic mass is 79.9. The molecule has 1 N–H and O–H groups in total. The van der Waals surface area contributed by atoms with Crippen LogP contribution in [-0.4, -0.2) is 6.54 Å². The number of nitrogens with one attached hydrogen (secondary N) is 1.